The average molecular weight is 299 g/mol. The molecule has 0 aromatic heterocycles. The van der Waals surface area contributed by atoms with Crippen LogP contribution in [0.4, 0.5) is 0 Å². The Morgan fingerprint density at radius 1 is 1.41 bits per heavy atom. The predicted octanol–water partition coefficient (Wildman–Crippen LogP) is 2.61. The molecule has 0 heterocycles. The summed E-state index contributed by atoms with van der Waals surface area (Å²) in [6, 6.07) is 7.95. The van der Waals surface area contributed by atoms with E-state index in [4.69, 9.17) is 5.73 Å². The molecule has 0 bridgehead atoms. The molecule has 94 valence electrons. The number of nitrogens with one attached hydrogen (secondary N) is 1. The second-order valence-electron chi connectivity index (χ2n) is 4.12. The summed E-state index contributed by atoms with van der Waals surface area (Å²) in [6.07, 6.45) is 0.773. The van der Waals surface area contributed by atoms with Crippen LogP contribution in [-0.2, 0) is 4.79 Å². The zero-order chi connectivity index (χ0) is 12.8. The average Bonchev–Trinajstić information content (AvgIpc) is 2.31. The van der Waals surface area contributed by atoms with Crippen LogP contribution in [0, 0.1) is 5.92 Å². The number of amides is 1. The Hall–Kier alpha value is -0.870. The number of nitrogens with two attached hydrogens (primary N) is 1. The van der Waals surface area contributed by atoms with E-state index in [0.29, 0.717) is 6.54 Å². The van der Waals surface area contributed by atoms with Crippen LogP contribution >= 0.6 is 15.9 Å². The van der Waals surface area contributed by atoms with Crippen LogP contribution < -0.4 is 11.1 Å². The first-order chi connectivity index (χ1) is 8.08. The molecule has 0 saturated carbocycles. The van der Waals surface area contributed by atoms with Crippen molar-refractivity contribution in [3.8, 4) is 0 Å². The molecule has 0 aliphatic heterocycles. The molecular weight excluding hydrogens is 280 g/mol. The summed E-state index contributed by atoms with van der Waals surface area (Å²) < 4.78 is 1.04. The molecule has 0 spiro atoms. The normalized spacial score (nSPS) is 14.1. The summed E-state index contributed by atoms with van der Waals surface area (Å²) in [5.74, 6) is -0.0571. The molecule has 1 unspecified atom stereocenters. The summed E-state index contributed by atoms with van der Waals surface area (Å²) in [6.45, 7) is 4.35. The second-order valence-corrected chi connectivity index (χ2v) is 5.04. The van der Waals surface area contributed by atoms with Gasteiger partial charge in [-0.15, -0.1) is 0 Å². The van der Waals surface area contributed by atoms with Crippen LogP contribution in [0.25, 0.3) is 0 Å². The number of benzene rings is 1. The Kier molecular flexibility index (Phi) is 5.65. The molecule has 17 heavy (non-hydrogen) atoms. The summed E-state index contributed by atoms with van der Waals surface area (Å²) >= 11 is 3.39. The van der Waals surface area contributed by atoms with E-state index in [9.17, 15) is 4.79 Å². The number of hydrogen-bond donors (Lipinski definition) is 2. The van der Waals surface area contributed by atoms with Gasteiger partial charge in [-0.25, -0.2) is 0 Å². The van der Waals surface area contributed by atoms with Crippen LogP contribution in [0.2, 0.25) is 0 Å². The molecule has 0 aliphatic carbocycles. The summed E-state index contributed by atoms with van der Waals surface area (Å²) in [5.41, 5.74) is 6.64. The van der Waals surface area contributed by atoms with Crippen molar-refractivity contribution < 1.29 is 4.79 Å². The van der Waals surface area contributed by atoms with Gasteiger partial charge < -0.3 is 11.1 Å². The minimum absolute atomic E-state index is 0.0104. The highest BCUT2D eigenvalue weighted by Crippen LogP contribution is 2.17. The predicted molar refractivity (Wildman–Crippen MR) is 73.5 cm³/mol. The van der Waals surface area contributed by atoms with Gasteiger partial charge in [0.05, 0.1) is 6.04 Å². The molecule has 1 amide bonds. The minimum atomic E-state index is -0.0899. The Balaban J connectivity index is 2.62. The Bertz CT molecular complexity index is 360. The van der Waals surface area contributed by atoms with E-state index in [2.05, 4.69) is 21.2 Å². The largest absolute Gasteiger partial charge is 0.349 e. The molecule has 0 radical (unpaired) electrons. The fourth-order valence-corrected chi connectivity index (χ4v) is 1.89. The first-order valence-corrected chi connectivity index (χ1v) is 6.63. The molecular formula is C13H19BrN2O. The third-order valence-corrected chi connectivity index (χ3v) is 3.41. The van der Waals surface area contributed by atoms with E-state index >= 15 is 0 Å². The Morgan fingerprint density at radius 2 is 2.00 bits per heavy atom. The third kappa shape index (κ3) is 4.13. The lowest BCUT2D eigenvalue weighted by Crippen LogP contribution is -2.36. The molecule has 0 fully saturated rings. The summed E-state index contributed by atoms with van der Waals surface area (Å²) in [4.78, 5) is 11.9. The number of hydrogen-bond acceptors (Lipinski definition) is 2. The van der Waals surface area contributed by atoms with E-state index in [1.165, 1.54) is 0 Å². The lowest BCUT2D eigenvalue weighted by atomic mass is 10.0. The number of rotatable bonds is 5. The van der Waals surface area contributed by atoms with E-state index < -0.39 is 0 Å². The number of halogens is 1. The van der Waals surface area contributed by atoms with Gasteiger partial charge in [-0.2, -0.15) is 0 Å². The summed E-state index contributed by atoms with van der Waals surface area (Å²) in [5, 5.41) is 2.98. The smallest absolute Gasteiger partial charge is 0.224 e. The molecule has 0 saturated heterocycles. The fraction of sp³-hybridized carbons (Fsp3) is 0.462. The molecule has 4 heteroatoms. The lowest BCUT2D eigenvalue weighted by Gasteiger charge is -2.18. The van der Waals surface area contributed by atoms with Crippen LogP contribution in [0.15, 0.2) is 28.7 Å². The topological polar surface area (TPSA) is 55.1 Å². The van der Waals surface area contributed by atoms with Gasteiger partial charge in [0.15, 0.2) is 0 Å². The SMILES string of the molecule is CCC(CN)C(=O)N[C@@H](C)c1ccc(Br)cc1. The van der Waals surface area contributed by atoms with Crippen LogP contribution in [-0.4, -0.2) is 12.5 Å². The molecule has 1 aromatic carbocycles. The third-order valence-electron chi connectivity index (χ3n) is 2.88. The monoisotopic (exact) mass is 298 g/mol. The molecule has 0 aliphatic rings. The van der Waals surface area contributed by atoms with Crippen molar-refractivity contribution in [1.29, 1.82) is 0 Å². The van der Waals surface area contributed by atoms with Crippen molar-refractivity contribution in [3.63, 3.8) is 0 Å². The zero-order valence-electron chi connectivity index (χ0n) is 10.2. The highest BCUT2D eigenvalue weighted by molar-refractivity contribution is 9.10. The van der Waals surface area contributed by atoms with Gasteiger partial charge in [0.1, 0.15) is 0 Å². The maximum atomic E-state index is 11.9. The van der Waals surface area contributed by atoms with E-state index in [-0.39, 0.29) is 17.9 Å². The van der Waals surface area contributed by atoms with Crippen molar-refractivity contribution >= 4 is 21.8 Å². The van der Waals surface area contributed by atoms with Gasteiger partial charge in [-0.3, -0.25) is 4.79 Å². The van der Waals surface area contributed by atoms with Crippen molar-refractivity contribution in [1.82, 2.24) is 5.32 Å². The van der Waals surface area contributed by atoms with Gasteiger partial charge in [0.25, 0.3) is 0 Å². The maximum absolute atomic E-state index is 11.9. The highest BCUT2D eigenvalue weighted by Gasteiger charge is 2.17. The minimum Gasteiger partial charge on any atom is -0.349 e. The van der Waals surface area contributed by atoms with Gasteiger partial charge in [0, 0.05) is 16.9 Å². The van der Waals surface area contributed by atoms with E-state index in [1.54, 1.807) is 0 Å². The highest BCUT2D eigenvalue weighted by atomic mass is 79.9. The molecule has 3 N–H and O–H groups in total. The van der Waals surface area contributed by atoms with E-state index in [0.717, 1.165) is 16.5 Å². The first kappa shape index (κ1) is 14.2. The zero-order valence-corrected chi connectivity index (χ0v) is 11.8. The van der Waals surface area contributed by atoms with Crippen molar-refractivity contribution in [2.45, 2.75) is 26.3 Å². The van der Waals surface area contributed by atoms with Gasteiger partial charge in [0.2, 0.25) is 5.91 Å². The molecule has 2 atom stereocenters. The quantitative estimate of drug-likeness (QED) is 0.878. The standard InChI is InChI=1S/C13H19BrN2O/c1-3-10(8-15)13(17)16-9(2)11-4-6-12(14)7-5-11/h4-7,9-10H,3,8,15H2,1-2H3,(H,16,17)/t9-,10?/m0/s1. The van der Waals surface area contributed by atoms with Crippen LogP contribution in [0.1, 0.15) is 31.9 Å². The van der Waals surface area contributed by atoms with Gasteiger partial charge in [-0.05, 0) is 31.0 Å². The fourth-order valence-electron chi connectivity index (χ4n) is 1.63. The maximum Gasteiger partial charge on any atom is 0.224 e. The molecule has 3 nitrogen and oxygen atoms in total. The van der Waals surface area contributed by atoms with Gasteiger partial charge in [-0.1, -0.05) is 35.0 Å². The first-order valence-electron chi connectivity index (χ1n) is 5.84. The van der Waals surface area contributed by atoms with Crippen molar-refractivity contribution in [2.24, 2.45) is 11.7 Å². The Morgan fingerprint density at radius 3 is 2.47 bits per heavy atom. The number of carbonyl (C=O) groups excluding carboxylic acids is 1. The molecule has 1 aromatic rings. The van der Waals surface area contributed by atoms with Crippen molar-refractivity contribution in [3.05, 3.63) is 34.3 Å². The number of carbonyl (C=O) groups is 1. The lowest BCUT2D eigenvalue weighted by molar-refractivity contribution is -0.125. The second kappa shape index (κ2) is 6.77. The Labute approximate surface area is 111 Å². The van der Waals surface area contributed by atoms with Gasteiger partial charge >= 0.3 is 0 Å². The van der Waals surface area contributed by atoms with Crippen LogP contribution in [0.5, 0.6) is 0 Å². The van der Waals surface area contributed by atoms with E-state index in [1.807, 2.05) is 38.1 Å². The van der Waals surface area contributed by atoms with Crippen molar-refractivity contribution in [2.75, 3.05) is 6.54 Å². The molecule has 1 rings (SSSR count). The van der Waals surface area contributed by atoms with Crippen LogP contribution in [0.3, 0.4) is 0 Å². The summed E-state index contributed by atoms with van der Waals surface area (Å²) in [7, 11) is 0.